The number of ether oxygens (including phenoxy) is 1. The highest BCUT2D eigenvalue weighted by atomic mass is 16.5. The molecular formula is C12H22N2O3. The number of nitrogens with zero attached hydrogens (tertiary/aromatic N) is 1. The number of carbonyl (C=O) groups is 1. The van der Waals surface area contributed by atoms with Crippen molar-refractivity contribution in [3.05, 3.63) is 0 Å². The summed E-state index contributed by atoms with van der Waals surface area (Å²) in [4.78, 5) is 12.9. The summed E-state index contributed by atoms with van der Waals surface area (Å²) in [5.41, 5.74) is 0. The highest BCUT2D eigenvalue weighted by Gasteiger charge is 2.23. The molecule has 0 aromatic carbocycles. The Kier molecular flexibility index (Phi) is 4.62. The van der Waals surface area contributed by atoms with Gasteiger partial charge in [-0.25, -0.2) is 4.79 Å². The molecule has 0 saturated carbocycles. The standard InChI is InChI=1S/C12H22N2O3/c15-12(16)13-7-10-1-4-14(5-2-10)8-11-3-6-17-9-11/h10-11,13H,1-9H2,(H,15,16)/t11-/m0/s1. The van der Waals surface area contributed by atoms with Gasteiger partial charge in [-0.3, -0.25) is 0 Å². The lowest BCUT2D eigenvalue weighted by Crippen LogP contribution is -2.40. The summed E-state index contributed by atoms with van der Waals surface area (Å²) in [7, 11) is 0. The highest BCUT2D eigenvalue weighted by Crippen LogP contribution is 2.20. The van der Waals surface area contributed by atoms with Crippen molar-refractivity contribution < 1.29 is 14.6 Å². The molecule has 2 aliphatic rings. The molecular weight excluding hydrogens is 220 g/mol. The van der Waals surface area contributed by atoms with Gasteiger partial charge in [0.15, 0.2) is 0 Å². The van der Waals surface area contributed by atoms with Crippen LogP contribution in [-0.4, -0.2) is 55.5 Å². The van der Waals surface area contributed by atoms with E-state index in [1.54, 1.807) is 0 Å². The lowest BCUT2D eigenvalue weighted by atomic mass is 9.96. The van der Waals surface area contributed by atoms with Crippen molar-refractivity contribution in [2.45, 2.75) is 19.3 Å². The quantitative estimate of drug-likeness (QED) is 0.772. The number of hydrogen-bond acceptors (Lipinski definition) is 3. The van der Waals surface area contributed by atoms with Crippen molar-refractivity contribution in [3.8, 4) is 0 Å². The molecule has 1 atom stereocenters. The fourth-order valence-electron chi connectivity index (χ4n) is 2.70. The van der Waals surface area contributed by atoms with Crippen LogP contribution in [0.2, 0.25) is 0 Å². The van der Waals surface area contributed by atoms with E-state index >= 15 is 0 Å². The molecule has 2 heterocycles. The molecule has 0 unspecified atom stereocenters. The second kappa shape index (κ2) is 6.21. The first-order valence-corrected chi connectivity index (χ1v) is 6.51. The van der Waals surface area contributed by atoms with Gasteiger partial charge in [0.1, 0.15) is 0 Å². The van der Waals surface area contributed by atoms with E-state index in [4.69, 9.17) is 9.84 Å². The van der Waals surface area contributed by atoms with Gasteiger partial charge in [0.25, 0.3) is 0 Å². The average Bonchev–Trinajstić information content (AvgIpc) is 2.81. The molecule has 2 aliphatic heterocycles. The van der Waals surface area contributed by atoms with Gasteiger partial charge in [-0.1, -0.05) is 0 Å². The largest absolute Gasteiger partial charge is 0.465 e. The Hall–Kier alpha value is -0.810. The molecule has 17 heavy (non-hydrogen) atoms. The van der Waals surface area contributed by atoms with Gasteiger partial charge in [-0.15, -0.1) is 0 Å². The monoisotopic (exact) mass is 242 g/mol. The van der Waals surface area contributed by atoms with E-state index in [-0.39, 0.29) is 0 Å². The van der Waals surface area contributed by atoms with Crippen LogP contribution >= 0.6 is 0 Å². The topological polar surface area (TPSA) is 61.8 Å². The van der Waals surface area contributed by atoms with Gasteiger partial charge in [-0.05, 0) is 44.2 Å². The second-order valence-corrected chi connectivity index (χ2v) is 5.16. The third kappa shape index (κ3) is 4.16. The summed E-state index contributed by atoms with van der Waals surface area (Å²) in [5.74, 6) is 1.23. The maximum Gasteiger partial charge on any atom is 0.404 e. The highest BCUT2D eigenvalue weighted by molar-refractivity contribution is 5.64. The summed E-state index contributed by atoms with van der Waals surface area (Å²) < 4.78 is 5.38. The molecule has 0 radical (unpaired) electrons. The minimum atomic E-state index is -0.907. The van der Waals surface area contributed by atoms with Crippen LogP contribution < -0.4 is 5.32 Å². The minimum Gasteiger partial charge on any atom is -0.465 e. The number of nitrogens with one attached hydrogen (secondary N) is 1. The Labute approximate surface area is 102 Å². The summed E-state index contributed by atoms with van der Waals surface area (Å²) in [5, 5.41) is 11.0. The molecule has 98 valence electrons. The first-order valence-electron chi connectivity index (χ1n) is 6.51. The summed E-state index contributed by atoms with van der Waals surface area (Å²) in [6, 6.07) is 0. The van der Waals surface area contributed by atoms with E-state index in [1.165, 1.54) is 6.42 Å². The molecule has 0 aromatic rings. The predicted molar refractivity (Wildman–Crippen MR) is 64.1 cm³/mol. The second-order valence-electron chi connectivity index (χ2n) is 5.16. The predicted octanol–water partition coefficient (Wildman–Crippen LogP) is 1.00. The molecule has 2 rings (SSSR count). The third-order valence-corrected chi connectivity index (χ3v) is 3.79. The Morgan fingerprint density at radius 1 is 1.29 bits per heavy atom. The number of likely N-dealkylation sites (tertiary alicyclic amines) is 1. The van der Waals surface area contributed by atoms with Gasteiger partial charge >= 0.3 is 6.09 Å². The van der Waals surface area contributed by atoms with Crippen molar-refractivity contribution in [2.24, 2.45) is 11.8 Å². The fourth-order valence-corrected chi connectivity index (χ4v) is 2.70. The molecule has 0 bridgehead atoms. The van der Waals surface area contributed by atoms with Crippen LogP contribution in [0.3, 0.4) is 0 Å². The zero-order valence-corrected chi connectivity index (χ0v) is 10.2. The van der Waals surface area contributed by atoms with Gasteiger partial charge in [0.2, 0.25) is 0 Å². The van der Waals surface area contributed by atoms with E-state index in [1.807, 2.05) is 0 Å². The van der Waals surface area contributed by atoms with Crippen molar-refractivity contribution in [3.63, 3.8) is 0 Å². The number of carboxylic acid groups (broad SMARTS) is 1. The Morgan fingerprint density at radius 2 is 2.06 bits per heavy atom. The van der Waals surface area contributed by atoms with Crippen LogP contribution in [0.1, 0.15) is 19.3 Å². The number of amides is 1. The van der Waals surface area contributed by atoms with E-state index in [0.29, 0.717) is 18.4 Å². The number of piperidine rings is 1. The maximum absolute atomic E-state index is 10.4. The van der Waals surface area contributed by atoms with Crippen LogP contribution in [0.5, 0.6) is 0 Å². The van der Waals surface area contributed by atoms with E-state index in [2.05, 4.69) is 10.2 Å². The van der Waals surface area contributed by atoms with Crippen LogP contribution in [0.4, 0.5) is 4.79 Å². The van der Waals surface area contributed by atoms with Gasteiger partial charge < -0.3 is 20.1 Å². The van der Waals surface area contributed by atoms with E-state index in [9.17, 15) is 4.79 Å². The molecule has 2 fully saturated rings. The Morgan fingerprint density at radius 3 is 2.65 bits per heavy atom. The molecule has 0 aromatic heterocycles. The normalized spacial score (nSPS) is 27.2. The lowest BCUT2D eigenvalue weighted by molar-refractivity contribution is 0.138. The Balaban J connectivity index is 1.61. The zero-order chi connectivity index (χ0) is 12.1. The SMILES string of the molecule is O=C(O)NCC1CCN(C[C@@H]2CCOC2)CC1. The van der Waals surface area contributed by atoms with Crippen LogP contribution in [0.25, 0.3) is 0 Å². The minimum absolute atomic E-state index is 0.516. The van der Waals surface area contributed by atoms with Crippen molar-refractivity contribution in [1.29, 1.82) is 0 Å². The fraction of sp³-hybridized carbons (Fsp3) is 0.917. The summed E-state index contributed by atoms with van der Waals surface area (Å²) in [6.07, 6.45) is 2.50. The maximum atomic E-state index is 10.4. The molecule has 2 saturated heterocycles. The lowest BCUT2D eigenvalue weighted by Gasteiger charge is -2.33. The van der Waals surface area contributed by atoms with Crippen molar-refractivity contribution >= 4 is 6.09 Å². The third-order valence-electron chi connectivity index (χ3n) is 3.79. The molecule has 5 heteroatoms. The molecule has 5 nitrogen and oxygen atoms in total. The average molecular weight is 242 g/mol. The molecule has 2 N–H and O–H groups in total. The smallest absolute Gasteiger partial charge is 0.404 e. The van der Waals surface area contributed by atoms with Crippen LogP contribution in [-0.2, 0) is 4.74 Å². The number of rotatable bonds is 4. The van der Waals surface area contributed by atoms with E-state index in [0.717, 1.165) is 45.7 Å². The van der Waals surface area contributed by atoms with Crippen LogP contribution in [0.15, 0.2) is 0 Å². The Bertz CT molecular complexity index is 246. The van der Waals surface area contributed by atoms with E-state index < -0.39 is 6.09 Å². The molecule has 1 amide bonds. The van der Waals surface area contributed by atoms with Gasteiger partial charge in [0.05, 0.1) is 6.61 Å². The van der Waals surface area contributed by atoms with Gasteiger partial charge in [0, 0.05) is 19.7 Å². The van der Waals surface area contributed by atoms with Gasteiger partial charge in [-0.2, -0.15) is 0 Å². The zero-order valence-electron chi connectivity index (χ0n) is 10.2. The summed E-state index contributed by atoms with van der Waals surface area (Å²) in [6.45, 7) is 5.80. The first-order chi connectivity index (χ1) is 8.24. The molecule has 0 spiro atoms. The summed E-state index contributed by atoms with van der Waals surface area (Å²) >= 11 is 0. The van der Waals surface area contributed by atoms with Crippen molar-refractivity contribution in [1.82, 2.24) is 10.2 Å². The van der Waals surface area contributed by atoms with Crippen LogP contribution in [0, 0.1) is 11.8 Å². The first kappa shape index (κ1) is 12.6. The molecule has 0 aliphatic carbocycles. The number of hydrogen-bond donors (Lipinski definition) is 2. The van der Waals surface area contributed by atoms with Crippen molar-refractivity contribution in [2.75, 3.05) is 39.4 Å².